The van der Waals surface area contributed by atoms with Gasteiger partial charge in [-0.3, -0.25) is 9.59 Å². The van der Waals surface area contributed by atoms with Crippen LogP contribution in [0.25, 0.3) is 11.3 Å². The molecule has 0 spiro atoms. The Labute approximate surface area is 205 Å². The Hall–Kier alpha value is -3.30. The summed E-state index contributed by atoms with van der Waals surface area (Å²) in [4.78, 5) is 26.7. The molecule has 8 nitrogen and oxygen atoms in total. The molecule has 1 aromatic heterocycles. The molecular formula is C26H30N4O4S. The summed E-state index contributed by atoms with van der Waals surface area (Å²) in [5.74, 6) is -0.349. The largest absolute Gasteiger partial charge is 0.324 e. The number of anilines is 1. The van der Waals surface area contributed by atoms with Crippen molar-refractivity contribution in [2.24, 2.45) is 0 Å². The normalized spacial score (nSPS) is 14.3. The number of aromatic nitrogens is 2. The summed E-state index contributed by atoms with van der Waals surface area (Å²) in [6.45, 7) is 5.28. The zero-order chi connectivity index (χ0) is 25.3. The lowest BCUT2D eigenvalue weighted by molar-refractivity contribution is -0.119. The van der Waals surface area contributed by atoms with Crippen LogP contribution >= 0.6 is 0 Å². The lowest BCUT2D eigenvalue weighted by Gasteiger charge is -2.23. The van der Waals surface area contributed by atoms with Crippen LogP contribution in [0.15, 0.2) is 52.2 Å². The van der Waals surface area contributed by atoms with E-state index in [1.807, 2.05) is 37.3 Å². The van der Waals surface area contributed by atoms with Crippen LogP contribution in [-0.2, 0) is 27.7 Å². The third kappa shape index (κ3) is 4.78. The molecule has 0 bridgehead atoms. The average Bonchev–Trinajstić information content (AvgIpc) is 2.85. The Kier molecular flexibility index (Phi) is 6.91. The van der Waals surface area contributed by atoms with Gasteiger partial charge < -0.3 is 5.32 Å². The minimum absolute atomic E-state index is 0.159. The van der Waals surface area contributed by atoms with Crippen LogP contribution in [0.4, 0.5) is 5.69 Å². The number of carbonyl (C=O) groups excluding carboxylic acids is 1. The van der Waals surface area contributed by atoms with Crippen LogP contribution in [-0.4, -0.2) is 31.2 Å². The van der Waals surface area contributed by atoms with Crippen LogP contribution in [0.2, 0.25) is 0 Å². The van der Waals surface area contributed by atoms with Crippen molar-refractivity contribution in [3.8, 4) is 11.3 Å². The molecule has 1 aliphatic carbocycles. The molecule has 9 heteroatoms. The van der Waals surface area contributed by atoms with Crippen molar-refractivity contribution in [1.29, 1.82) is 0 Å². The number of benzene rings is 2. The molecule has 1 unspecified atom stereocenters. The first-order chi connectivity index (χ1) is 16.6. The molecule has 0 aliphatic heterocycles. The van der Waals surface area contributed by atoms with Gasteiger partial charge in [-0.05, 0) is 82.3 Å². The second kappa shape index (κ2) is 9.75. The standard InChI is InChI=1S/C26H30N4O4S/c1-16-9-5-8-12-22(16)28-25(31)18(3)30-26(32)21-11-7-6-10-20(21)24(29-30)19-14-13-17(2)23(15-19)35(33,34)27-4/h5,8-9,12-15,18,27H,6-7,10-11H2,1-4H3,(H,28,31). The van der Waals surface area contributed by atoms with Crippen molar-refractivity contribution < 1.29 is 13.2 Å². The van der Waals surface area contributed by atoms with Gasteiger partial charge in [-0.15, -0.1) is 0 Å². The molecule has 1 aliphatic rings. The summed E-state index contributed by atoms with van der Waals surface area (Å²) in [6.07, 6.45) is 3.08. The van der Waals surface area contributed by atoms with E-state index in [1.54, 1.807) is 26.0 Å². The van der Waals surface area contributed by atoms with Crippen LogP contribution in [0.1, 0.15) is 48.1 Å². The summed E-state index contributed by atoms with van der Waals surface area (Å²) < 4.78 is 28.7. The minimum Gasteiger partial charge on any atom is -0.324 e. The summed E-state index contributed by atoms with van der Waals surface area (Å²) in [5.41, 5.74) is 4.55. The van der Waals surface area contributed by atoms with Crippen molar-refractivity contribution in [1.82, 2.24) is 14.5 Å². The lowest BCUT2D eigenvalue weighted by Crippen LogP contribution is -2.37. The number of rotatable bonds is 6. The molecule has 1 amide bonds. The molecule has 2 N–H and O–H groups in total. The number of aryl methyl sites for hydroxylation is 2. The maximum Gasteiger partial charge on any atom is 0.271 e. The lowest BCUT2D eigenvalue weighted by atomic mass is 9.89. The molecule has 1 heterocycles. The van der Waals surface area contributed by atoms with E-state index >= 15 is 0 Å². The molecule has 0 saturated carbocycles. The highest BCUT2D eigenvalue weighted by Gasteiger charge is 2.27. The van der Waals surface area contributed by atoms with Gasteiger partial charge in [-0.25, -0.2) is 17.8 Å². The number of fused-ring (bicyclic) bond motifs is 1. The van der Waals surface area contributed by atoms with Crippen LogP contribution in [0.5, 0.6) is 0 Å². The van der Waals surface area contributed by atoms with E-state index in [0.717, 1.165) is 24.0 Å². The van der Waals surface area contributed by atoms with Crippen LogP contribution in [0, 0.1) is 13.8 Å². The van der Waals surface area contributed by atoms with Gasteiger partial charge in [0.2, 0.25) is 15.9 Å². The van der Waals surface area contributed by atoms with E-state index in [4.69, 9.17) is 0 Å². The highest BCUT2D eigenvalue weighted by Crippen LogP contribution is 2.31. The topological polar surface area (TPSA) is 110 Å². The Morgan fingerprint density at radius 2 is 1.71 bits per heavy atom. The van der Waals surface area contributed by atoms with Crippen molar-refractivity contribution >= 4 is 21.6 Å². The van der Waals surface area contributed by atoms with E-state index in [9.17, 15) is 18.0 Å². The van der Waals surface area contributed by atoms with Gasteiger partial charge >= 0.3 is 0 Å². The van der Waals surface area contributed by atoms with Crippen molar-refractivity contribution in [2.75, 3.05) is 12.4 Å². The third-order valence-electron chi connectivity index (χ3n) is 6.60. The monoisotopic (exact) mass is 494 g/mol. The van der Waals surface area contributed by atoms with Crippen LogP contribution in [0.3, 0.4) is 0 Å². The highest BCUT2D eigenvalue weighted by molar-refractivity contribution is 7.89. The zero-order valence-electron chi connectivity index (χ0n) is 20.4. The van der Waals surface area contributed by atoms with Gasteiger partial charge in [0.1, 0.15) is 6.04 Å². The molecule has 35 heavy (non-hydrogen) atoms. The number of carbonyl (C=O) groups is 1. The van der Waals surface area contributed by atoms with E-state index in [2.05, 4.69) is 15.1 Å². The molecule has 2 aromatic carbocycles. The first-order valence-electron chi connectivity index (χ1n) is 11.7. The van der Waals surface area contributed by atoms with Crippen molar-refractivity contribution in [3.63, 3.8) is 0 Å². The quantitative estimate of drug-likeness (QED) is 0.545. The number of amides is 1. The number of para-hydroxylation sites is 1. The number of nitrogens with one attached hydrogen (secondary N) is 2. The SMILES string of the molecule is CNS(=O)(=O)c1cc(-c2nn(C(C)C(=O)Nc3ccccc3C)c(=O)c3c2CCCC3)ccc1C. The van der Waals surface area contributed by atoms with Gasteiger partial charge in [-0.2, -0.15) is 5.10 Å². The van der Waals surface area contributed by atoms with Gasteiger partial charge in [0, 0.05) is 16.8 Å². The molecule has 0 fully saturated rings. The van der Waals surface area contributed by atoms with Gasteiger partial charge in [0.15, 0.2) is 0 Å². The van der Waals surface area contributed by atoms with E-state index < -0.39 is 16.1 Å². The summed E-state index contributed by atoms with van der Waals surface area (Å²) >= 11 is 0. The Morgan fingerprint density at radius 1 is 1.03 bits per heavy atom. The molecule has 4 rings (SSSR count). The third-order valence-corrected chi connectivity index (χ3v) is 8.15. The average molecular weight is 495 g/mol. The predicted octanol–water partition coefficient (Wildman–Crippen LogP) is 3.51. The van der Waals surface area contributed by atoms with E-state index in [1.165, 1.54) is 11.7 Å². The second-order valence-electron chi connectivity index (χ2n) is 8.93. The summed E-state index contributed by atoms with van der Waals surface area (Å²) in [5, 5.41) is 7.54. The number of sulfonamides is 1. The molecule has 0 saturated heterocycles. The fourth-order valence-electron chi connectivity index (χ4n) is 4.46. The maximum absolute atomic E-state index is 13.4. The smallest absolute Gasteiger partial charge is 0.271 e. The van der Waals surface area contributed by atoms with Gasteiger partial charge in [0.25, 0.3) is 5.56 Å². The Bertz CT molecular complexity index is 1460. The maximum atomic E-state index is 13.4. The molecule has 1 atom stereocenters. The first kappa shape index (κ1) is 24.8. The molecular weight excluding hydrogens is 464 g/mol. The number of hydrogen-bond donors (Lipinski definition) is 2. The van der Waals surface area contributed by atoms with Crippen molar-refractivity contribution in [2.45, 2.75) is 57.4 Å². The highest BCUT2D eigenvalue weighted by atomic mass is 32.2. The fourth-order valence-corrected chi connectivity index (χ4v) is 5.45. The zero-order valence-corrected chi connectivity index (χ0v) is 21.2. The molecule has 184 valence electrons. The van der Waals surface area contributed by atoms with Gasteiger partial charge in [-0.1, -0.05) is 30.3 Å². The second-order valence-corrected chi connectivity index (χ2v) is 10.8. The van der Waals surface area contributed by atoms with E-state index in [0.29, 0.717) is 40.9 Å². The minimum atomic E-state index is -3.68. The molecule has 3 aromatic rings. The van der Waals surface area contributed by atoms with Crippen LogP contribution < -0.4 is 15.6 Å². The number of hydrogen-bond acceptors (Lipinski definition) is 5. The summed E-state index contributed by atoms with van der Waals surface area (Å²) in [6, 6.07) is 11.7. The Morgan fingerprint density at radius 3 is 2.40 bits per heavy atom. The summed E-state index contributed by atoms with van der Waals surface area (Å²) in [7, 11) is -2.31. The molecule has 0 radical (unpaired) electrons. The Balaban J connectivity index is 1.83. The van der Waals surface area contributed by atoms with Crippen molar-refractivity contribution in [3.05, 3.63) is 75.1 Å². The first-order valence-corrected chi connectivity index (χ1v) is 13.2. The predicted molar refractivity (Wildman–Crippen MR) is 136 cm³/mol. The van der Waals surface area contributed by atoms with E-state index in [-0.39, 0.29) is 16.4 Å². The fraction of sp³-hybridized carbons (Fsp3) is 0.346. The van der Waals surface area contributed by atoms with Gasteiger partial charge in [0.05, 0.1) is 10.6 Å². The number of nitrogens with zero attached hydrogens (tertiary/aromatic N) is 2.